The van der Waals surface area contributed by atoms with E-state index < -0.39 is 0 Å². The molecule has 2 N–H and O–H groups in total. The van der Waals surface area contributed by atoms with Crippen LogP contribution in [0.3, 0.4) is 0 Å². The van der Waals surface area contributed by atoms with Crippen molar-refractivity contribution in [1.29, 1.82) is 0 Å². The van der Waals surface area contributed by atoms with Crippen LogP contribution in [-0.4, -0.2) is 14.6 Å². The predicted octanol–water partition coefficient (Wildman–Crippen LogP) is 1.65. The molecule has 0 aromatic carbocycles. The van der Waals surface area contributed by atoms with E-state index in [4.69, 9.17) is 5.73 Å². The number of rotatable bonds is 0. The van der Waals surface area contributed by atoms with Gasteiger partial charge in [-0.25, -0.2) is 9.50 Å². The van der Waals surface area contributed by atoms with Crippen molar-refractivity contribution < 1.29 is 0 Å². The number of nitrogens with zero attached hydrogens (tertiary/aromatic N) is 3. The Morgan fingerprint density at radius 1 is 1.38 bits per heavy atom. The number of hydrogen-bond donors (Lipinski definition) is 1. The van der Waals surface area contributed by atoms with Crippen LogP contribution in [0.4, 0.5) is 5.69 Å². The zero-order valence-electron chi connectivity index (χ0n) is 8.15. The van der Waals surface area contributed by atoms with Crippen molar-refractivity contribution in [1.82, 2.24) is 14.6 Å². The molecule has 2 heterocycles. The van der Waals surface area contributed by atoms with Crippen LogP contribution >= 0.6 is 0 Å². The third kappa shape index (κ3) is 1.96. The molecule has 4 nitrogen and oxygen atoms in total. The van der Waals surface area contributed by atoms with E-state index in [1.54, 1.807) is 16.9 Å². The fourth-order valence-corrected chi connectivity index (χ4v) is 1.01. The van der Waals surface area contributed by atoms with E-state index in [9.17, 15) is 0 Å². The lowest BCUT2D eigenvalue weighted by Crippen LogP contribution is -1.93. The third-order valence-corrected chi connectivity index (χ3v) is 1.46. The number of aromatic nitrogens is 3. The molecule has 0 unspecified atom stereocenters. The quantitative estimate of drug-likeness (QED) is 0.667. The van der Waals surface area contributed by atoms with Gasteiger partial charge >= 0.3 is 0 Å². The van der Waals surface area contributed by atoms with E-state index in [-0.39, 0.29) is 0 Å². The Morgan fingerprint density at radius 2 is 2.08 bits per heavy atom. The number of aryl methyl sites for hydroxylation is 1. The molecule has 0 saturated heterocycles. The van der Waals surface area contributed by atoms with Crippen molar-refractivity contribution in [2.45, 2.75) is 20.8 Å². The summed E-state index contributed by atoms with van der Waals surface area (Å²) in [5.74, 6) is 0. The van der Waals surface area contributed by atoms with E-state index in [2.05, 4.69) is 10.1 Å². The zero-order valence-corrected chi connectivity index (χ0v) is 8.15. The van der Waals surface area contributed by atoms with Gasteiger partial charge in [-0.05, 0) is 6.92 Å². The molecule has 0 aliphatic rings. The Morgan fingerprint density at radius 3 is 2.77 bits per heavy atom. The van der Waals surface area contributed by atoms with E-state index in [0.717, 1.165) is 11.3 Å². The fraction of sp³-hybridized carbons (Fsp3) is 0.333. The minimum Gasteiger partial charge on any atom is -0.396 e. The predicted molar refractivity (Wildman–Crippen MR) is 53.5 cm³/mol. The van der Waals surface area contributed by atoms with Crippen molar-refractivity contribution in [3.05, 3.63) is 24.2 Å². The first-order valence-electron chi connectivity index (χ1n) is 4.33. The maximum atomic E-state index is 5.51. The highest BCUT2D eigenvalue weighted by Gasteiger charge is 1.96. The SMILES string of the molecule is CC.Cc1cc2ncc(N)cn2n1. The molecule has 0 aliphatic heterocycles. The third-order valence-electron chi connectivity index (χ3n) is 1.46. The summed E-state index contributed by atoms with van der Waals surface area (Å²) in [6.07, 6.45) is 3.37. The molecule has 0 bridgehead atoms. The maximum Gasteiger partial charge on any atom is 0.155 e. The van der Waals surface area contributed by atoms with Crippen LogP contribution in [0, 0.1) is 6.92 Å². The first-order valence-corrected chi connectivity index (χ1v) is 4.33. The largest absolute Gasteiger partial charge is 0.396 e. The minimum absolute atomic E-state index is 0.626. The van der Waals surface area contributed by atoms with E-state index >= 15 is 0 Å². The maximum absolute atomic E-state index is 5.51. The first kappa shape index (κ1) is 9.51. The van der Waals surface area contributed by atoms with Crippen LogP contribution in [0.25, 0.3) is 5.65 Å². The van der Waals surface area contributed by atoms with Crippen molar-refractivity contribution >= 4 is 11.3 Å². The highest BCUT2D eigenvalue weighted by atomic mass is 15.2. The number of nitrogens with two attached hydrogens (primary N) is 1. The summed E-state index contributed by atoms with van der Waals surface area (Å²) in [4.78, 5) is 4.08. The lowest BCUT2D eigenvalue weighted by Gasteiger charge is -1.92. The van der Waals surface area contributed by atoms with Crippen molar-refractivity contribution in [2.24, 2.45) is 0 Å². The van der Waals surface area contributed by atoms with Gasteiger partial charge in [0, 0.05) is 6.07 Å². The molecule has 0 atom stereocenters. The standard InChI is InChI=1S/C7H8N4.C2H6/c1-5-2-7-9-3-6(8)4-11(7)10-5;1-2/h2-4H,8H2,1H3;1-2H3. The number of hydrogen-bond acceptors (Lipinski definition) is 3. The van der Waals surface area contributed by atoms with Crippen LogP contribution in [0.1, 0.15) is 19.5 Å². The summed E-state index contributed by atoms with van der Waals surface area (Å²) >= 11 is 0. The van der Waals surface area contributed by atoms with Gasteiger partial charge in [-0.2, -0.15) is 5.10 Å². The number of fused-ring (bicyclic) bond motifs is 1. The van der Waals surface area contributed by atoms with Crippen molar-refractivity contribution in [3.63, 3.8) is 0 Å². The molecule has 0 radical (unpaired) electrons. The van der Waals surface area contributed by atoms with Crippen LogP contribution in [0.5, 0.6) is 0 Å². The molecule has 0 aliphatic carbocycles. The van der Waals surface area contributed by atoms with Gasteiger partial charge in [0.15, 0.2) is 5.65 Å². The van der Waals surface area contributed by atoms with Crippen LogP contribution in [0.2, 0.25) is 0 Å². The monoisotopic (exact) mass is 178 g/mol. The number of anilines is 1. The molecular formula is C9H14N4. The number of nitrogen functional groups attached to an aromatic ring is 1. The van der Waals surface area contributed by atoms with Crippen LogP contribution in [-0.2, 0) is 0 Å². The summed E-state index contributed by atoms with van der Waals surface area (Å²) in [7, 11) is 0. The van der Waals surface area contributed by atoms with E-state index in [0.29, 0.717) is 5.69 Å². The van der Waals surface area contributed by atoms with Gasteiger partial charge < -0.3 is 5.73 Å². The smallest absolute Gasteiger partial charge is 0.155 e. The Hall–Kier alpha value is -1.58. The minimum atomic E-state index is 0.626. The lowest BCUT2D eigenvalue weighted by molar-refractivity contribution is 0.919. The summed E-state index contributed by atoms with van der Waals surface area (Å²) in [5.41, 5.74) is 7.91. The molecule has 0 saturated carbocycles. The molecule has 0 spiro atoms. The molecule has 2 rings (SSSR count). The molecular weight excluding hydrogens is 164 g/mol. The highest BCUT2D eigenvalue weighted by molar-refractivity contribution is 5.44. The summed E-state index contributed by atoms with van der Waals surface area (Å²) < 4.78 is 1.67. The fourth-order valence-electron chi connectivity index (χ4n) is 1.01. The molecule has 4 heteroatoms. The van der Waals surface area contributed by atoms with Crippen molar-refractivity contribution in [3.8, 4) is 0 Å². The van der Waals surface area contributed by atoms with Crippen LogP contribution in [0.15, 0.2) is 18.5 Å². The summed E-state index contributed by atoms with van der Waals surface area (Å²) in [6.45, 7) is 5.92. The average Bonchev–Trinajstić information content (AvgIpc) is 2.48. The zero-order chi connectivity index (χ0) is 9.84. The molecule has 2 aromatic rings. The highest BCUT2D eigenvalue weighted by Crippen LogP contribution is 2.04. The van der Waals surface area contributed by atoms with E-state index in [1.807, 2.05) is 26.8 Å². The average molecular weight is 178 g/mol. The van der Waals surface area contributed by atoms with Gasteiger partial charge in [-0.1, -0.05) is 13.8 Å². The molecule has 0 fully saturated rings. The van der Waals surface area contributed by atoms with Gasteiger partial charge in [0.1, 0.15) is 0 Å². The normalized spacial score (nSPS) is 9.46. The van der Waals surface area contributed by atoms with Crippen molar-refractivity contribution in [2.75, 3.05) is 5.73 Å². The second-order valence-corrected chi connectivity index (χ2v) is 2.48. The van der Waals surface area contributed by atoms with Gasteiger partial charge in [-0.15, -0.1) is 0 Å². The lowest BCUT2D eigenvalue weighted by atomic mass is 10.5. The Balaban J connectivity index is 0.000000396. The second-order valence-electron chi connectivity index (χ2n) is 2.48. The summed E-state index contributed by atoms with van der Waals surface area (Å²) in [5, 5.41) is 4.15. The van der Waals surface area contributed by atoms with Gasteiger partial charge in [0.2, 0.25) is 0 Å². The van der Waals surface area contributed by atoms with Gasteiger partial charge in [0.25, 0.3) is 0 Å². The Bertz CT molecular complexity index is 391. The second kappa shape index (κ2) is 3.89. The molecule has 70 valence electrons. The Kier molecular flexibility index (Phi) is 2.84. The van der Waals surface area contributed by atoms with Gasteiger partial charge in [-0.3, -0.25) is 0 Å². The van der Waals surface area contributed by atoms with Gasteiger partial charge in [0.05, 0.1) is 23.8 Å². The van der Waals surface area contributed by atoms with Crippen LogP contribution < -0.4 is 5.73 Å². The molecule has 13 heavy (non-hydrogen) atoms. The molecule has 2 aromatic heterocycles. The summed E-state index contributed by atoms with van der Waals surface area (Å²) in [6, 6.07) is 1.90. The first-order chi connectivity index (χ1) is 6.25. The molecule has 0 amide bonds. The Labute approximate surface area is 77.4 Å². The van der Waals surface area contributed by atoms with E-state index in [1.165, 1.54) is 0 Å². The topological polar surface area (TPSA) is 56.2 Å².